The summed E-state index contributed by atoms with van der Waals surface area (Å²) < 4.78 is 27.4. The average molecular weight is 565 g/mol. The molecule has 1 unspecified atom stereocenters. The van der Waals surface area contributed by atoms with Crippen molar-refractivity contribution in [2.24, 2.45) is 0 Å². The van der Waals surface area contributed by atoms with Crippen LogP contribution in [0.5, 0.6) is 23.0 Å². The first kappa shape index (κ1) is 26.5. The number of hydrogen-bond acceptors (Lipinski definition) is 9. The summed E-state index contributed by atoms with van der Waals surface area (Å²) in [5, 5.41) is 10.6. The summed E-state index contributed by atoms with van der Waals surface area (Å²) in [6, 6.07) is 12.1. The highest BCUT2D eigenvalue weighted by molar-refractivity contribution is 9.10. The summed E-state index contributed by atoms with van der Waals surface area (Å²) in [5.74, 6) is 0.310. The predicted molar refractivity (Wildman–Crippen MR) is 135 cm³/mol. The molecule has 0 fully saturated rings. The van der Waals surface area contributed by atoms with Crippen molar-refractivity contribution in [3.63, 3.8) is 0 Å². The van der Waals surface area contributed by atoms with E-state index in [1.807, 2.05) is 24.3 Å². The molecule has 1 aromatic heterocycles. The molecular formula is C25H25BrO8S. The Bertz CT molecular complexity index is 1240. The summed E-state index contributed by atoms with van der Waals surface area (Å²) in [6.07, 6.45) is -0.177. The lowest BCUT2D eigenvalue weighted by Gasteiger charge is -2.20. The average Bonchev–Trinajstić information content (AvgIpc) is 2.87. The summed E-state index contributed by atoms with van der Waals surface area (Å²) in [7, 11) is 5.85. The molecule has 3 aromatic rings. The van der Waals surface area contributed by atoms with E-state index in [1.165, 1.54) is 39.2 Å². The summed E-state index contributed by atoms with van der Waals surface area (Å²) in [5.41, 5.74) is -0.0516. The normalized spacial score (nSPS) is 11.6. The van der Waals surface area contributed by atoms with E-state index in [4.69, 9.17) is 23.4 Å². The Morgan fingerprint density at radius 3 is 2.37 bits per heavy atom. The predicted octanol–water partition coefficient (Wildman–Crippen LogP) is 5.12. The lowest BCUT2D eigenvalue weighted by molar-refractivity contribution is -0.140. The van der Waals surface area contributed by atoms with Gasteiger partial charge in [0.1, 0.15) is 11.5 Å². The van der Waals surface area contributed by atoms with Gasteiger partial charge in [-0.25, -0.2) is 0 Å². The lowest BCUT2D eigenvalue weighted by atomic mass is 9.92. The molecule has 10 heteroatoms. The Kier molecular flexibility index (Phi) is 9.11. The van der Waals surface area contributed by atoms with Gasteiger partial charge in [-0.2, -0.15) is 0 Å². The Labute approximate surface area is 215 Å². The standard InChI is InChI=1S/C25H25BrO8S/c1-30-15-5-7-17(8-6-15)35-13-16-11-20(27)23(29)24(34-16)18(12-22(28)32-3)14-9-19(26)25(33-4)21(10-14)31-2/h5-11,18,29H,12-13H2,1-4H3. The van der Waals surface area contributed by atoms with E-state index in [9.17, 15) is 14.7 Å². The van der Waals surface area contributed by atoms with Crippen LogP contribution in [-0.4, -0.2) is 39.5 Å². The highest BCUT2D eigenvalue weighted by Crippen LogP contribution is 2.42. The van der Waals surface area contributed by atoms with Gasteiger partial charge in [-0.05, 0) is 57.9 Å². The van der Waals surface area contributed by atoms with Crippen molar-refractivity contribution >= 4 is 33.7 Å². The number of methoxy groups -OCH3 is 4. The van der Waals surface area contributed by atoms with E-state index in [0.717, 1.165) is 10.6 Å². The monoisotopic (exact) mass is 564 g/mol. The van der Waals surface area contributed by atoms with Gasteiger partial charge >= 0.3 is 5.97 Å². The highest BCUT2D eigenvalue weighted by atomic mass is 79.9. The number of esters is 1. The maximum Gasteiger partial charge on any atom is 0.306 e. The van der Waals surface area contributed by atoms with Crippen molar-refractivity contribution in [3.05, 3.63) is 74.2 Å². The Hall–Kier alpha value is -3.11. The van der Waals surface area contributed by atoms with Crippen LogP contribution in [0, 0.1) is 0 Å². The lowest BCUT2D eigenvalue weighted by Crippen LogP contribution is -2.14. The molecule has 1 N–H and O–H groups in total. The fraction of sp³-hybridized carbons (Fsp3) is 0.280. The third kappa shape index (κ3) is 6.32. The zero-order valence-corrected chi connectivity index (χ0v) is 22.0. The van der Waals surface area contributed by atoms with Crippen LogP contribution in [-0.2, 0) is 15.3 Å². The van der Waals surface area contributed by atoms with Crippen molar-refractivity contribution in [2.45, 2.75) is 23.0 Å². The molecule has 1 heterocycles. The number of carbonyl (C=O) groups is 1. The molecule has 2 aromatic carbocycles. The minimum atomic E-state index is -0.822. The van der Waals surface area contributed by atoms with Gasteiger partial charge in [-0.3, -0.25) is 9.59 Å². The van der Waals surface area contributed by atoms with Crippen LogP contribution in [0.4, 0.5) is 0 Å². The Morgan fingerprint density at radius 1 is 1.06 bits per heavy atom. The molecule has 0 amide bonds. The smallest absolute Gasteiger partial charge is 0.306 e. The van der Waals surface area contributed by atoms with Gasteiger partial charge in [0.25, 0.3) is 0 Å². The molecule has 0 bridgehead atoms. The number of aromatic hydroxyl groups is 1. The molecule has 35 heavy (non-hydrogen) atoms. The molecule has 8 nitrogen and oxygen atoms in total. The number of ether oxygens (including phenoxy) is 4. The molecule has 0 aliphatic carbocycles. The molecule has 0 saturated heterocycles. The highest BCUT2D eigenvalue weighted by Gasteiger charge is 2.28. The van der Waals surface area contributed by atoms with Crippen molar-refractivity contribution in [1.29, 1.82) is 0 Å². The van der Waals surface area contributed by atoms with E-state index in [1.54, 1.807) is 19.2 Å². The van der Waals surface area contributed by atoms with Gasteiger partial charge in [-0.1, -0.05) is 0 Å². The van der Waals surface area contributed by atoms with E-state index in [-0.39, 0.29) is 12.2 Å². The van der Waals surface area contributed by atoms with Crippen LogP contribution >= 0.6 is 27.7 Å². The number of carbonyl (C=O) groups excluding carboxylic acids is 1. The third-order valence-corrected chi connectivity index (χ3v) is 6.84. The number of halogens is 1. The van der Waals surface area contributed by atoms with Crippen LogP contribution in [0.15, 0.2) is 61.0 Å². The van der Waals surface area contributed by atoms with Crippen LogP contribution in [0.3, 0.4) is 0 Å². The quantitative estimate of drug-likeness (QED) is 0.265. The molecule has 0 saturated carbocycles. The molecular weight excluding hydrogens is 540 g/mol. The second-order valence-electron chi connectivity index (χ2n) is 7.33. The third-order valence-electron chi connectivity index (χ3n) is 5.21. The van der Waals surface area contributed by atoms with E-state index in [2.05, 4.69) is 15.9 Å². The zero-order valence-electron chi connectivity index (χ0n) is 19.6. The van der Waals surface area contributed by atoms with Crippen molar-refractivity contribution in [2.75, 3.05) is 28.4 Å². The van der Waals surface area contributed by atoms with Gasteiger partial charge < -0.3 is 28.5 Å². The maximum absolute atomic E-state index is 12.6. The van der Waals surface area contributed by atoms with E-state index >= 15 is 0 Å². The van der Waals surface area contributed by atoms with Gasteiger partial charge in [0.15, 0.2) is 17.3 Å². The van der Waals surface area contributed by atoms with Gasteiger partial charge in [-0.15, -0.1) is 11.8 Å². The minimum absolute atomic E-state index is 0.0349. The SMILES string of the molecule is COC(=O)CC(c1cc(Br)c(OC)c(OC)c1)c1oc(CSc2ccc(OC)cc2)cc(=O)c1O. The summed E-state index contributed by atoms with van der Waals surface area (Å²) in [4.78, 5) is 25.8. The molecule has 3 rings (SSSR count). The minimum Gasteiger partial charge on any atom is -0.502 e. The zero-order chi connectivity index (χ0) is 25.5. The summed E-state index contributed by atoms with van der Waals surface area (Å²) in [6.45, 7) is 0. The largest absolute Gasteiger partial charge is 0.502 e. The van der Waals surface area contributed by atoms with Crippen LogP contribution in [0.25, 0.3) is 0 Å². The topological polar surface area (TPSA) is 104 Å². The number of thioether (sulfide) groups is 1. The molecule has 1 atom stereocenters. The van der Waals surface area contributed by atoms with E-state index < -0.39 is 23.1 Å². The van der Waals surface area contributed by atoms with E-state index in [0.29, 0.717) is 33.0 Å². The van der Waals surface area contributed by atoms with Crippen molar-refractivity contribution in [1.82, 2.24) is 0 Å². The fourth-order valence-electron chi connectivity index (χ4n) is 3.44. The fourth-order valence-corrected chi connectivity index (χ4v) is 4.84. The van der Waals surface area contributed by atoms with Gasteiger partial charge in [0.05, 0.1) is 51.0 Å². The first-order chi connectivity index (χ1) is 16.8. The molecule has 186 valence electrons. The van der Waals surface area contributed by atoms with Crippen LogP contribution in [0.2, 0.25) is 0 Å². The Morgan fingerprint density at radius 2 is 1.77 bits per heavy atom. The maximum atomic E-state index is 12.6. The second kappa shape index (κ2) is 12.0. The van der Waals surface area contributed by atoms with Crippen molar-refractivity contribution in [3.8, 4) is 23.0 Å². The van der Waals surface area contributed by atoms with Gasteiger partial charge in [0.2, 0.25) is 11.2 Å². The van der Waals surface area contributed by atoms with Crippen LogP contribution in [0.1, 0.15) is 29.4 Å². The number of benzene rings is 2. The van der Waals surface area contributed by atoms with Crippen molar-refractivity contribution < 1.29 is 33.3 Å². The second-order valence-corrected chi connectivity index (χ2v) is 9.23. The summed E-state index contributed by atoms with van der Waals surface area (Å²) >= 11 is 4.89. The Balaban J connectivity index is 2.02. The first-order valence-electron chi connectivity index (χ1n) is 10.4. The van der Waals surface area contributed by atoms with Crippen LogP contribution < -0.4 is 19.6 Å². The molecule has 0 radical (unpaired) electrons. The molecule has 0 aliphatic rings. The molecule has 0 spiro atoms. The number of hydrogen-bond donors (Lipinski definition) is 1. The number of rotatable bonds is 10. The first-order valence-corrected chi connectivity index (χ1v) is 12.2. The van der Waals surface area contributed by atoms with Gasteiger partial charge in [0, 0.05) is 11.0 Å². The molecule has 0 aliphatic heterocycles.